The number of sulfone groups is 1. The number of methoxy groups -OCH3 is 1. The van der Waals surface area contributed by atoms with Gasteiger partial charge in [-0.2, -0.15) is 4.98 Å². The summed E-state index contributed by atoms with van der Waals surface area (Å²) in [4.78, 5) is 22.7. The molecule has 204 valence electrons. The van der Waals surface area contributed by atoms with E-state index in [1.54, 1.807) is 18.2 Å². The Labute approximate surface area is 235 Å². The van der Waals surface area contributed by atoms with E-state index in [2.05, 4.69) is 20.0 Å². The number of ether oxygens (including phenoxy) is 1. The number of esters is 1. The first-order chi connectivity index (χ1) is 18.6. The number of carbonyl (C=O) groups is 1. The van der Waals surface area contributed by atoms with E-state index in [-0.39, 0.29) is 28.6 Å². The van der Waals surface area contributed by atoms with Gasteiger partial charge in [0, 0.05) is 23.1 Å². The molecule has 39 heavy (non-hydrogen) atoms. The monoisotopic (exact) mass is 590 g/mol. The third-order valence-electron chi connectivity index (χ3n) is 6.69. The molecule has 8 nitrogen and oxygen atoms in total. The molecular weight excluding hydrogens is 566 g/mol. The van der Waals surface area contributed by atoms with E-state index >= 15 is 0 Å². The summed E-state index contributed by atoms with van der Waals surface area (Å²) in [7, 11) is -2.40. The van der Waals surface area contributed by atoms with Crippen molar-refractivity contribution in [3.05, 3.63) is 75.2 Å². The summed E-state index contributed by atoms with van der Waals surface area (Å²) in [5, 5.41) is 4.02. The molecule has 12 heteroatoms. The molecule has 0 atom stereocenters. The van der Waals surface area contributed by atoms with Gasteiger partial charge < -0.3 is 15.0 Å². The van der Waals surface area contributed by atoms with Gasteiger partial charge in [-0.3, -0.25) is 4.79 Å². The van der Waals surface area contributed by atoms with Gasteiger partial charge in [-0.05, 0) is 60.2 Å². The van der Waals surface area contributed by atoms with Gasteiger partial charge in [-0.15, -0.1) is 0 Å². The predicted octanol–water partition coefficient (Wildman–Crippen LogP) is 5.40. The van der Waals surface area contributed by atoms with Crippen LogP contribution in [0.1, 0.15) is 29.7 Å². The van der Waals surface area contributed by atoms with E-state index in [1.165, 1.54) is 19.2 Å². The summed E-state index contributed by atoms with van der Waals surface area (Å²) in [5.41, 5.74) is 2.86. The fourth-order valence-electron chi connectivity index (χ4n) is 4.72. The van der Waals surface area contributed by atoms with E-state index in [1.807, 2.05) is 17.0 Å². The maximum Gasteiger partial charge on any atom is 0.309 e. The number of carbonyl (C=O) groups excluding carboxylic acids is 1. The SMILES string of the molecule is COC(=O)Cc1ccc(Nc2nc(N3CC=C(c4ccc(Cl)cc4Cl)CC3)nc3c2S(=O)(=O)CCC3)c(F)c1. The minimum atomic E-state index is -3.66. The van der Waals surface area contributed by atoms with Gasteiger partial charge in [-0.1, -0.05) is 41.4 Å². The van der Waals surface area contributed by atoms with Crippen molar-refractivity contribution in [1.82, 2.24) is 9.97 Å². The van der Waals surface area contributed by atoms with Crippen molar-refractivity contribution < 1.29 is 22.3 Å². The topological polar surface area (TPSA) is 101 Å². The fraction of sp³-hybridized carbons (Fsp3) is 0.296. The Bertz CT molecular complexity index is 1600. The van der Waals surface area contributed by atoms with Crippen LogP contribution >= 0.6 is 23.2 Å². The summed E-state index contributed by atoms with van der Waals surface area (Å²) in [6.45, 7) is 1.06. The van der Waals surface area contributed by atoms with E-state index in [0.717, 1.165) is 11.1 Å². The average molecular weight is 591 g/mol. The van der Waals surface area contributed by atoms with Crippen LogP contribution in [0.5, 0.6) is 0 Å². The first kappa shape index (κ1) is 27.4. The molecule has 0 spiro atoms. The lowest BCUT2D eigenvalue weighted by atomic mass is 9.99. The molecule has 3 aromatic rings. The number of aromatic nitrogens is 2. The summed E-state index contributed by atoms with van der Waals surface area (Å²) in [6.07, 6.45) is 3.53. The van der Waals surface area contributed by atoms with Crippen LogP contribution in [-0.4, -0.2) is 50.3 Å². The minimum absolute atomic E-state index is 0.00303. The van der Waals surface area contributed by atoms with E-state index in [9.17, 15) is 17.6 Å². The van der Waals surface area contributed by atoms with E-state index < -0.39 is 21.6 Å². The van der Waals surface area contributed by atoms with Gasteiger partial charge in [0.25, 0.3) is 0 Å². The number of fused-ring (bicyclic) bond motifs is 1. The Morgan fingerprint density at radius 1 is 1.15 bits per heavy atom. The second-order valence-electron chi connectivity index (χ2n) is 9.31. The highest BCUT2D eigenvalue weighted by molar-refractivity contribution is 7.91. The Balaban J connectivity index is 1.47. The summed E-state index contributed by atoms with van der Waals surface area (Å²) >= 11 is 12.4. The molecule has 1 N–H and O–H groups in total. The molecule has 0 saturated heterocycles. The van der Waals surface area contributed by atoms with Crippen LogP contribution in [0.25, 0.3) is 5.57 Å². The van der Waals surface area contributed by atoms with Crippen LogP contribution in [-0.2, 0) is 32.2 Å². The van der Waals surface area contributed by atoms with Crippen molar-refractivity contribution in [2.75, 3.05) is 36.2 Å². The Kier molecular flexibility index (Phi) is 7.80. The molecule has 3 heterocycles. The number of hydrogen-bond acceptors (Lipinski definition) is 8. The second-order valence-corrected chi connectivity index (χ2v) is 12.2. The number of rotatable bonds is 6. The zero-order chi connectivity index (χ0) is 27.7. The first-order valence-electron chi connectivity index (χ1n) is 12.3. The molecule has 0 aliphatic carbocycles. The lowest BCUT2D eigenvalue weighted by molar-refractivity contribution is -0.139. The van der Waals surface area contributed by atoms with Gasteiger partial charge in [0.15, 0.2) is 15.7 Å². The molecule has 0 bridgehead atoms. The van der Waals surface area contributed by atoms with Crippen LogP contribution in [0.2, 0.25) is 10.0 Å². The highest BCUT2D eigenvalue weighted by Gasteiger charge is 2.31. The average Bonchev–Trinajstić information content (AvgIpc) is 2.90. The Hall–Kier alpha value is -3.21. The van der Waals surface area contributed by atoms with Crippen LogP contribution in [0, 0.1) is 5.82 Å². The molecule has 2 aromatic carbocycles. The molecule has 0 fully saturated rings. The third-order valence-corrected chi connectivity index (χ3v) is 9.12. The molecular formula is C27H25Cl2FN4O4S. The molecule has 2 aliphatic heterocycles. The lowest BCUT2D eigenvalue weighted by Crippen LogP contribution is -2.31. The maximum absolute atomic E-state index is 15.0. The van der Waals surface area contributed by atoms with Crippen LogP contribution in [0.4, 0.5) is 21.8 Å². The third kappa shape index (κ3) is 5.88. The molecule has 0 amide bonds. The van der Waals surface area contributed by atoms with Crippen LogP contribution in [0.15, 0.2) is 47.4 Å². The standard InChI is InChI=1S/C27H25Cl2FN4O4S/c1-38-24(35)14-16-4-7-22(21(30)13-16)31-26-25-23(3-2-12-39(25,36)37)32-27(33-26)34-10-8-17(9-11-34)19-6-5-18(28)15-20(19)29/h4-8,13,15H,2-3,9-12,14H2,1H3,(H,31,32,33). The Morgan fingerprint density at radius 2 is 1.97 bits per heavy atom. The molecule has 2 aliphatic rings. The maximum atomic E-state index is 15.0. The highest BCUT2D eigenvalue weighted by Crippen LogP contribution is 2.35. The normalized spacial score (nSPS) is 16.3. The number of benzene rings is 2. The van der Waals surface area contributed by atoms with Gasteiger partial charge in [-0.25, -0.2) is 17.8 Å². The summed E-state index contributed by atoms with van der Waals surface area (Å²) in [6, 6.07) is 9.62. The van der Waals surface area contributed by atoms with Crippen LogP contribution < -0.4 is 10.2 Å². The second kappa shape index (κ2) is 11.1. The zero-order valence-electron chi connectivity index (χ0n) is 21.0. The number of aryl methyl sites for hydroxylation is 1. The number of nitrogens with zero attached hydrogens (tertiary/aromatic N) is 3. The quantitative estimate of drug-likeness (QED) is 0.381. The van der Waals surface area contributed by atoms with Gasteiger partial charge in [0.2, 0.25) is 5.95 Å². The predicted molar refractivity (Wildman–Crippen MR) is 149 cm³/mol. The van der Waals surface area contributed by atoms with E-state index in [0.29, 0.717) is 59.6 Å². The van der Waals surface area contributed by atoms with Crippen molar-refractivity contribution in [3.63, 3.8) is 0 Å². The van der Waals surface area contributed by atoms with Crippen molar-refractivity contribution in [2.45, 2.75) is 30.6 Å². The van der Waals surface area contributed by atoms with Crippen molar-refractivity contribution in [1.29, 1.82) is 0 Å². The fourth-order valence-corrected chi connectivity index (χ4v) is 6.88. The summed E-state index contributed by atoms with van der Waals surface area (Å²) in [5.74, 6) is -0.787. The number of hydrogen-bond donors (Lipinski definition) is 1. The number of nitrogens with one attached hydrogen (secondary N) is 1. The highest BCUT2D eigenvalue weighted by atomic mass is 35.5. The van der Waals surface area contributed by atoms with Crippen molar-refractivity contribution in [3.8, 4) is 0 Å². The van der Waals surface area contributed by atoms with Gasteiger partial charge >= 0.3 is 5.97 Å². The molecule has 0 radical (unpaired) electrons. The largest absolute Gasteiger partial charge is 0.469 e. The Morgan fingerprint density at radius 3 is 2.67 bits per heavy atom. The van der Waals surface area contributed by atoms with Crippen molar-refractivity contribution >= 4 is 62.0 Å². The lowest BCUT2D eigenvalue weighted by Gasteiger charge is -2.29. The van der Waals surface area contributed by atoms with Gasteiger partial charge in [0.05, 0.1) is 30.7 Å². The van der Waals surface area contributed by atoms with Crippen LogP contribution in [0.3, 0.4) is 0 Å². The van der Waals surface area contributed by atoms with Crippen molar-refractivity contribution in [2.24, 2.45) is 0 Å². The smallest absolute Gasteiger partial charge is 0.309 e. The molecule has 0 unspecified atom stereocenters. The minimum Gasteiger partial charge on any atom is -0.469 e. The number of halogens is 3. The molecule has 0 saturated carbocycles. The summed E-state index contributed by atoms with van der Waals surface area (Å²) < 4.78 is 45.6. The first-order valence-corrected chi connectivity index (χ1v) is 14.7. The molecule has 1 aromatic heterocycles. The number of anilines is 3. The van der Waals surface area contributed by atoms with Gasteiger partial charge in [0.1, 0.15) is 10.7 Å². The zero-order valence-corrected chi connectivity index (χ0v) is 23.3. The van der Waals surface area contributed by atoms with E-state index in [4.69, 9.17) is 23.2 Å². The molecule has 5 rings (SSSR count).